The molecule has 0 bridgehead atoms. The van der Waals surface area contributed by atoms with Gasteiger partial charge in [-0.2, -0.15) is 5.10 Å². The van der Waals surface area contributed by atoms with Crippen molar-refractivity contribution < 1.29 is 4.79 Å². The lowest BCUT2D eigenvalue weighted by molar-refractivity contribution is 0.0957. The number of thiophene rings is 1. The number of amides is 1. The lowest BCUT2D eigenvalue weighted by atomic mass is 10.1. The van der Waals surface area contributed by atoms with Crippen molar-refractivity contribution in [2.45, 2.75) is 51.5 Å². The molecular weight excluding hydrogens is 344 g/mol. The molecule has 0 unspecified atom stereocenters. The van der Waals surface area contributed by atoms with Crippen molar-refractivity contribution in [1.29, 1.82) is 0 Å². The highest BCUT2D eigenvalue weighted by Crippen LogP contribution is 2.27. The van der Waals surface area contributed by atoms with Crippen molar-refractivity contribution >= 4 is 39.9 Å². The smallest absolute Gasteiger partial charge is 0.261 e. The minimum atomic E-state index is 0. The zero-order chi connectivity index (χ0) is 16.2. The third-order valence-corrected chi connectivity index (χ3v) is 5.82. The molecule has 24 heavy (non-hydrogen) atoms. The molecule has 1 fully saturated rings. The number of carbonyl (C=O) groups excluding carboxylic acids is 1. The Kier molecular flexibility index (Phi) is 7.07. The van der Waals surface area contributed by atoms with Gasteiger partial charge in [0.15, 0.2) is 0 Å². The fourth-order valence-electron chi connectivity index (χ4n) is 3.34. The van der Waals surface area contributed by atoms with Crippen LogP contribution < -0.4 is 10.6 Å². The average molecular weight is 371 g/mol. The van der Waals surface area contributed by atoms with E-state index in [1.54, 1.807) is 0 Å². The number of carbonyl (C=O) groups is 1. The van der Waals surface area contributed by atoms with Crippen LogP contribution in [0.4, 0.5) is 0 Å². The van der Waals surface area contributed by atoms with Gasteiger partial charge in [-0.05, 0) is 25.8 Å². The zero-order valence-corrected chi connectivity index (χ0v) is 16.1. The van der Waals surface area contributed by atoms with E-state index in [2.05, 4.69) is 15.7 Å². The molecule has 0 aromatic carbocycles. The van der Waals surface area contributed by atoms with E-state index in [0.717, 1.165) is 27.3 Å². The van der Waals surface area contributed by atoms with E-state index in [1.807, 2.05) is 24.7 Å². The van der Waals surface area contributed by atoms with Crippen LogP contribution in [0, 0.1) is 6.92 Å². The predicted molar refractivity (Wildman–Crippen MR) is 102 cm³/mol. The first-order valence-corrected chi connectivity index (χ1v) is 9.41. The summed E-state index contributed by atoms with van der Waals surface area (Å²) in [7, 11) is 1.92. The summed E-state index contributed by atoms with van der Waals surface area (Å²) in [5.74, 6) is 0.0215. The molecule has 3 rings (SSSR count). The molecular formula is C17H27ClN4OS. The second-order valence-electron chi connectivity index (χ2n) is 6.44. The Hall–Kier alpha value is -1.11. The van der Waals surface area contributed by atoms with Crippen LogP contribution in [0.1, 0.15) is 53.9 Å². The van der Waals surface area contributed by atoms with Gasteiger partial charge in [0.2, 0.25) is 0 Å². The summed E-state index contributed by atoms with van der Waals surface area (Å²) in [6.45, 7) is 3.51. The fourth-order valence-corrected chi connectivity index (χ4v) is 4.38. The predicted octanol–water partition coefficient (Wildman–Crippen LogP) is 3.41. The highest BCUT2D eigenvalue weighted by molar-refractivity contribution is 7.20. The summed E-state index contributed by atoms with van der Waals surface area (Å²) in [6, 6.07) is 2.59. The van der Waals surface area contributed by atoms with Crippen LogP contribution in [0.5, 0.6) is 0 Å². The number of hydrogen-bond acceptors (Lipinski definition) is 4. The van der Waals surface area contributed by atoms with Crippen molar-refractivity contribution in [3.8, 4) is 0 Å². The first-order chi connectivity index (χ1) is 11.1. The van der Waals surface area contributed by atoms with Crippen LogP contribution in [0.3, 0.4) is 0 Å². The van der Waals surface area contributed by atoms with Crippen LogP contribution >= 0.6 is 23.7 Å². The SMILES string of the molecule is Cc1nn(C)c2sc(C(=O)NCCNC3CCCCCC3)cc12.Cl. The van der Waals surface area contributed by atoms with Crippen LogP contribution in [-0.4, -0.2) is 34.8 Å². The molecule has 1 saturated carbocycles. The number of rotatable bonds is 5. The van der Waals surface area contributed by atoms with Gasteiger partial charge in [-0.25, -0.2) is 0 Å². The van der Waals surface area contributed by atoms with Gasteiger partial charge in [0.1, 0.15) is 4.83 Å². The second-order valence-corrected chi connectivity index (χ2v) is 7.47. The zero-order valence-electron chi connectivity index (χ0n) is 14.4. The molecule has 1 amide bonds. The first-order valence-electron chi connectivity index (χ1n) is 8.60. The number of nitrogens with zero attached hydrogens (tertiary/aromatic N) is 2. The Morgan fingerprint density at radius 1 is 1.29 bits per heavy atom. The number of aryl methyl sites for hydroxylation is 2. The number of halogens is 1. The molecule has 0 radical (unpaired) electrons. The molecule has 1 aliphatic carbocycles. The topological polar surface area (TPSA) is 59.0 Å². The molecule has 5 nitrogen and oxygen atoms in total. The van der Waals surface area contributed by atoms with Gasteiger partial charge in [-0.1, -0.05) is 25.7 Å². The molecule has 2 N–H and O–H groups in total. The van der Waals surface area contributed by atoms with Crippen molar-refractivity contribution in [1.82, 2.24) is 20.4 Å². The monoisotopic (exact) mass is 370 g/mol. The molecule has 134 valence electrons. The van der Waals surface area contributed by atoms with Gasteiger partial charge in [0.25, 0.3) is 5.91 Å². The van der Waals surface area contributed by atoms with E-state index in [1.165, 1.54) is 49.9 Å². The summed E-state index contributed by atoms with van der Waals surface area (Å²) >= 11 is 1.51. The highest BCUT2D eigenvalue weighted by Gasteiger charge is 2.15. The lowest BCUT2D eigenvalue weighted by Crippen LogP contribution is -2.36. The van der Waals surface area contributed by atoms with Gasteiger partial charge >= 0.3 is 0 Å². The summed E-state index contributed by atoms with van der Waals surface area (Å²) < 4.78 is 1.85. The quantitative estimate of drug-likeness (QED) is 0.626. The van der Waals surface area contributed by atoms with Gasteiger partial charge in [0.05, 0.1) is 10.6 Å². The Balaban J connectivity index is 0.00000208. The third kappa shape index (κ3) is 4.49. The molecule has 2 aromatic heterocycles. The Labute approximate surface area is 153 Å². The highest BCUT2D eigenvalue weighted by atomic mass is 35.5. The van der Waals surface area contributed by atoms with Crippen molar-refractivity contribution in [3.63, 3.8) is 0 Å². The lowest BCUT2D eigenvalue weighted by Gasteiger charge is -2.16. The third-order valence-electron chi connectivity index (χ3n) is 4.62. The number of aromatic nitrogens is 2. The van der Waals surface area contributed by atoms with Crippen molar-refractivity contribution in [2.24, 2.45) is 7.05 Å². The summed E-state index contributed by atoms with van der Waals surface area (Å²) in [6.07, 6.45) is 7.95. The van der Waals surface area contributed by atoms with E-state index in [0.29, 0.717) is 12.6 Å². The van der Waals surface area contributed by atoms with E-state index in [4.69, 9.17) is 0 Å². The average Bonchev–Trinajstić information content (AvgIpc) is 2.96. The standard InChI is InChI=1S/C17H26N4OS.ClH/c1-12-14-11-15(23-17(14)21(2)20-12)16(22)19-10-9-18-13-7-5-3-4-6-8-13;/h11,13,18H,3-10H2,1-2H3,(H,19,22);1H. The van der Waals surface area contributed by atoms with Gasteiger partial charge in [0, 0.05) is 31.6 Å². The largest absolute Gasteiger partial charge is 0.350 e. The summed E-state index contributed by atoms with van der Waals surface area (Å²) in [5, 5.41) is 12.1. The van der Waals surface area contributed by atoms with Crippen LogP contribution in [0.25, 0.3) is 10.2 Å². The van der Waals surface area contributed by atoms with Crippen molar-refractivity contribution in [3.05, 3.63) is 16.6 Å². The van der Waals surface area contributed by atoms with E-state index >= 15 is 0 Å². The van der Waals surface area contributed by atoms with E-state index < -0.39 is 0 Å². The minimum Gasteiger partial charge on any atom is -0.350 e. The maximum atomic E-state index is 12.3. The molecule has 2 aromatic rings. The maximum absolute atomic E-state index is 12.3. The molecule has 0 saturated heterocycles. The Morgan fingerprint density at radius 3 is 2.67 bits per heavy atom. The fraction of sp³-hybridized carbons (Fsp3) is 0.647. The second kappa shape index (κ2) is 8.83. The van der Waals surface area contributed by atoms with Gasteiger partial charge in [-0.3, -0.25) is 9.48 Å². The molecule has 0 spiro atoms. The molecule has 0 aliphatic heterocycles. The van der Waals surface area contributed by atoms with Gasteiger partial charge < -0.3 is 10.6 Å². The van der Waals surface area contributed by atoms with Crippen LogP contribution in [-0.2, 0) is 7.05 Å². The summed E-state index contributed by atoms with van der Waals surface area (Å²) in [4.78, 5) is 14.1. The summed E-state index contributed by atoms with van der Waals surface area (Å²) in [5.41, 5.74) is 0.979. The Morgan fingerprint density at radius 2 is 2.00 bits per heavy atom. The van der Waals surface area contributed by atoms with Gasteiger partial charge in [-0.15, -0.1) is 23.7 Å². The number of hydrogen-bond donors (Lipinski definition) is 2. The molecule has 1 aliphatic rings. The minimum absolute atomic E-state index is 0. The molecule has 0 atom stereocenters. The number of nitrogens with one attached hydrogen (secondary N) is 2. The van der Waals surface area contributed by atoms with Crippen LogP contribution in [0.2, 0.25) is 0 Å². The maximum Gasteiger partial charge on any atom is 0.261 e. The molecule has 2 heterocycles. The van der Waals surface area contributed by atoms with Crippen molar-refractivity contribution in [2.75, 3.05) is 13.1 Å². The molecule has 7 heteroatoms. The Bertz CT molecular complexity index is 639. The van der Waals surface area contributed by atoms with Crippen LogP contribution in [0.15, 0.2) is 6.07 Å². The number of fused-ring (bicyclic) bond motifs is 1. The van der Waals surface area contributed by atoms with E-state index in [-0.39, 0.29) is 18.3 Å². The first kappa shape index (κ1) is 19.2. The normalized spacial score (nSPS) is 15.9. The van der Waals surface area contributed by atoms with E-state index in [9.17, 15) is 4.79 Å².